The highest BCUT2D eigenvalue weighted by Gasteiger charge is 2.43. The van der Waals surface area contributed by atoms with E-state index in [9.17, 15) is 17.5 Å². The fourth-order valence-electron chi connectivity index (χ4n) is 3.72. The molecule has 0 radical (unpaired) electrons. The van der Waals surface area contributed by atoms with Gasteiger partial charge in [-0.3, -0.25) is 0 Å². The Morgan fingerprint density at radius 3 is 2.47 bits per heavy atom. The Hall–Kier alpha value is -3.43. The monoisotopic (exact) mass is 560 g/mol. The fraction of sp³-hybridized carbons (Fsp3) is 0.385. The number of nitrogens with zero attached hydrogens (tertiary/aromatic N) is 3. The maximum atomic E-state index is 14.1. The van der Waals surface area contributed by atoms with Crippen molar-refractivity contribution in [2.45, 2.75) is 50.7 Å². The predicted molar refractivity (Wildman–Crippen MR) is 146 cm³/mol. The van der Waals surface area contributed by atoms with Crippen LogP contribution in [-0.2, 0) is 19.2 Å². The van der Waals surface area contributed by atoms with Crippen LogP contribution in [0.25, 0.3) is 0 Å². The van der Waals surface area contributed by atoms with Crippen molar-refractivity contribution in [3.63, 3.8) is 0 Å². The lowest BCUT2D eigenvalue weighted by atomic mass is 10.2. The van der Waals surface area contributed by atoms with E-state index < -0.39 is 23.0 Å². The second-order valence-corrected chi connectivity index (χ2v) is 12.4. The zero-order valence-corrected chi connectivity index (χ0v) is 23.7. The predicted octanol–water partition coefficient (Wildman–Crippen LogP) is 5.56. The summed E-state index contributed by atoms with van der Waals surface area (Å²) < 4.78 is 65.5. The molecule has 0 aliphatic heterocycles. The van der Waals surface area contributed by atoms with Crippen LogP contribution in [-0.4, -0.2) is 43.7 Å². The molecule has 12 heteroatoms. The number of ether oxygens (including phenoxy) is 2. The number of sulfonamides is 1. The average Bonchev–Trinajstić information content (AvgIpc) is 2.87. The van der Waals surface area contributed by atoms with Crippen molar-refractivity contribution in [1.29, 1.82) is 0 Å². The summed E-state index contributed by atoms with van der Waals surface area (Å²) in [6.45, 7) is 7.56. The van der Waals surface area contributed by atoms with Crippen LogP contribution < -0.4 is 19.1 Å². The topological polar surface area (TPSA) is 128 Å². The summed E-state index contributed by atoms with van der Waals surface area (Å²) in [6.07, 6.45) is 4.79. The second-order valence-electron chi connectivity index (χ2n) is 9.08. The fourth-order valence-corrected chi connectivity index (χ4v) is 6.30. The van der Waals surface area contributed by atoms with Crippen molar-refractivity contribution in [2.24, 2.45) is 0 Å². The van der Waals surface area contributed by atoms with Crippen molar-refractivity contribution in [2.75, 3.05) is 29.4 Å². The van der Waals surface area contributed by atoms with Gasteiger partial charge in [-0.2, -0.15) is 10.2 Å². The SMILES string of the molecule is CCCCOc1ccccc1S(=O)(=O)N(c1cc(C)cc(OCCNc2ccnnc2)c1)C(C)(C)P(=O)=O. The number of rotatable bonds is 14. The van der Waals surface area contributed by atoms with Crippen LogP contribution in [0.3, 0.4) is 0 Å². The molecule has 204 valence electrons. The quantitative estimate of drug-likeness (QED) is 0.199. The standard InChI is InChI=1S/C26H33N4O6PS/c1-5-6-14-36-24-9-7-8-10-25(24)38(33,34)30(26(3,4)37(31)32)22-16-20(2)17-23(18-22)35-15-13-27-21-11-12-28-29-19-21/h7-12,16-19H,5-6,13-15H2,1-4H3,(H,27,28). The Balaban J connectivity index is 1.97. The molecule has 0 spiro atoms. The highest BCUT2D eigenvalue weighted by Crippen LogP contribution is 2.43. The third kappa shape index (κ3) is 7.11. The van der Waals surface area contributed by atoms with Crippen LogP contribution in [0.1, 0.15) is 39.2 Å². The molecule has 0 bridgehead atoms. The number of hydrogen-bond acceptors (Lipinski definition) is 9. The van der Waals surface area contributed by atoms with E-state index in [0.717, 1.165) is 22.8 Å². The molecular weight excluding hydrogens is 527 g/mol. The first-order valence-electron chi connectivity index (χ1n) is 12.2. The molecule has 2 aromatic carbocycles. The van der Waals surface area contributed by atoms with E-state index >= 15 is 0 Å². The van der Waals surface area contributed by atoms with Gasteiger partial charge in [0.15, 0.2) is 5.28 Å². The summed E-state index contributed by atoms with van der Waals surface area (Å²) in [6, 6.07) is 12.9. The normalized spacial score (nSPS) is 11.6. The number of aryl methyl sites for hydroxylation is 1. The molecule has 1 aromatic heterocycles. The van der Waals surface area contributed by atoms with E-state index in [1.54, 1.807) is 55.7 Å². The van der Waals surface area contributed by atoms with E-state index in [0.29, 0.717) is 24.5 Å². The molecule has 10 nitrogen and oxygen atoms in total. The smallest absolute Gasteiger partial charge is 0.342 e. The Kier molecular flexibility index (Phi) is 9.88. The lowest BCUT2D eigenvalue weighted by molar-refractivity contribution is 0.301. The number of nitrogens with one attached hydrogen (secondary N) is 1. The molecule has 3 rings (SSSR count). The average molecular weight is 561 g/mol. The third-order valence-electron chi connectivity index (χ3n) is 5.62. The molecule has 0 atom stereocenters. The lowest BCUT2D eigenvalue weighted by Crippen LogP contribution is -2.45. The van der Waals surface area contributed by atoms with Gasteiger partial charge in [-0.1, -0.05) is 25.5 Å². The Morgan fingerprint density at radius 2 is 1.79 bits per heavy atom. The molecule has 0 unspecified atom stereocenters. The number of aromatic nitrogens is 2. The minimum absolute atomic E-state index is 0.111. The molecule has 0 amide bonds. The zero-order valence-electron chi connectivity index (χ0n) is 22.0. The van der Waals surface area contributed by atoms with E-state index in [1.807, 2.05) is 6.92 Å². The van der Waals surface area contributed by atoms with Crippen LogP contribution in [0, 0.1) is 6.92 Å². The molecule has 1 N–H and O–H groups in total. The minimum atomic E-state index is -4.38. The van der Waals surface area contributed by atoms with Crippen molar-refractivity contribution < 1.29 is 27.0 Å². The summed E-state index contributed by atoms with van der Waals surface area (Å²) in [5.41, 5.74) is 1.65. The Labute approximate surface area is 224 Å². The van der Waals surface area contributed by atoms with Gasteiger partial charge in [0.1, 0.15) is 23.0 Å². The minimum Gasteiger partial charge on any atom is -0.492 e. The van der Waals surface area contributed by atoms with Crippen molar-refractivity contribution in [3.8, 4) is 11.5 Å². The van der Waals surface area contributed by atoms with Crippen molar-refractivity contribution in [3.05, 3.63) is 66.5 Å². The first-order chi connectivity index (χ1) is 18.1. The van der Waals surface area contributed by atoms with Gasteiger partial charge in [0.25, 0.3) is 10.0 Å². The third-order valence-corrected chi connectivity index (χ3v) is 8.89. The molecule has 0 aliphatic carbocycles. The molecule has 38 heavy (non-hydrogen) atoms. The number of benzene rings is 2. The van der Waals surface area contributed by atoms with E-state index in [-0.39, 0.29) is 22.9 Å². The first-order valence-corrected chi connectivity index (χ1v) is 14.9. The zero-order chi connectivity index (χ0) is 27.8. The molecule has 0 aliphatic rings. The Bertz CT molecular complexity index is 1390. The van der Waals surface area contributed by atoms with Crippen molar-refractivity contribution >= 4 is 29.1 Å². The molecule has 3 aromatic rings. The van der Waals surface area contributed by atoms with Crippen LogP contribution in [0.5, 0.6) is 11.5 Å². The summed E-state index contributed by atoms with van der Waals surface area (Å²) in [7, 11) is -7.57. The van der Waals surface area contributed by atoms with Gasteiger partial charge in [-0.25, -0.2) is 21.9 Å². The number of unbranched alkanes of at least 4 members (excludes halogenated alkanes) is 1. The van der Waals surface area contributed by atoms with E-state index in [4.69, 9.17) is 9.47 Å². The first kappa shape index (κ1) is 29.1. The van der Waals surface area contributed by atoms with Crippen LogP contribution in [0.2, 0.25) is 0 Å². The summed E-state index contributed by atoms with van der Waals surface area (Å²) in [5, 5.41) is 8.90. The molecular formula is C26H33N4O6PS. The van der Waals surface area contributed by atoms with Gasteiger partial charge >= 0.3 is 7.68 Å². The summed E-state index contributed by atoms with van der Waals surface area (Å²) in [5.74, 6) is 0.572. The van der Waals surface area contributed by atoms with Crippen molar-refractivity contribution in [1.82, 2.24) is 10.2 Å². The van der Waals surface area contributed by atoms with Gasteiger partial charge in [-0.05, 0) is 63.1 Å². The number of para-hydroxylation sites is 1. The van der Waals surface area contributed by atoms with E-state index in [1.165, 1.54) is 26.0 Å². The molecule has 1 heterocycles. The highest BCUT2D eigenvalue weighted by atomic mass is 32.2. The lowest BCUT2D eigenvalue weighted by Gasteiger charge is -2.34. The van der Waals surface area contributed by atoms with E-state index in [2.05, 4.69) is 15.5 Å². The Morgan fingerprint density at radius 1 is 1.03 bits per heavy atom. The highest BCUT2D eigenvalue weighted by molar-refractivity contribution is 7.93. The van der Waals surface area contributed by atoms with Gasteiger partial charge in [0.05, 0.1) is 30.4 Å². The van der Waals surface area contributed by atoms with Gasteiger partial charge in [0.2, 0.25) is 0 Å². The number of anilines is 2. The number of hydrogen-bond donors (Lipinski definition) is 1. The van der Waals surface area contributed by atoms with Crippen LogP contribution in [0.15, 0.2) is 65.8 Å². The molecule has 0 saturated carbocycles. The van der Waals surface area contributed by atoms with Crippen LogP contribution in [0.4, 0.5) is 11.4 Å². The molecule has 0 saturated heterocycles. The molecule has 0 fully saturated rings. The summed E-state index contributed by atoms with van der Waals surface area (Å²) in [4.78, 5) is -0.111. The second kappa shape index (κ2) is 12.9. The summed E-state index contributed by atoms with van der Waals surface area (Å²) >= 11 is 0. The van der Waals surface area contributed by atoms with Gasteiger partial charge in [-0.15, -0.1) is 0 Å². The maximum absolute atomic E-state index is 14.1. The van der Waals surface area contributed by atoms with Crippen LogP contribution >= 0.6 is 7.68 Å². The maximum Gasteiger partial charge on any atom is 0.342 e. The largest absolute Gasteiger partial charge is 0.492 e. The van der Waals surface area contributed by atoms with Gasteiger partial charge < -0.3 is 14.8 Å². The van der Waals surface area contributed by atoms with Gasteiger partial charge in [0, 0.05) is 12.6 Å².